The minimum absolute atomic E-state index is 0.0812. The number of hydrogen-bond donors (Lipinski definition) is 3. The molecule has 2 rings (SSSR count). The molecule has 0 bridgehead atoms. The van der Waals surface area contributed by atoms with Crippen molar-refractivity contribution in [2.45, 2.75) is 6.92 Å². The van der Waals surface area contributed by atoms with Crippen molar-refractivity contribution in [1.82, 2.24) is 0 Å². The predicted molar refractivity (Wildman–Crippen MR) is 97.4 cm³/mol. The van der Waals surface area contributed by atoms with Crippen LogP contribution < -0.4 is 25.4 Å². The van der Waals surface area contributed by atoms with Crippen molar-refractivity contribution in [3.8, 4) is 11.5 Å². The molecule has 7 nitrogen and oxygen atoms in total. The van der Waals surface area contributed by atoms with Crippen molar-refractivity contribution in [2.24, 2.45) is 0 Å². The third kappa shape index (κ3) is 5.42. The van der Waals surface area contributed by atoms with Gasteiger partial charge in [-0.25, -0.2) is 0 Å². The summed E-state index contributed by atoms with van der Waals surface area (Å²) in [6.07, 6.45) is 0. The van der Waals surface area contributed by atoms with E-state index < -0.39 is 0 Å². The maximum atomic E-state index is 12.1. The molecule has 2 aromatic carbocycles. The van der Waals surface area contributed by atoms with Gasteiger partial charge in [0.25, 0.3) is 0 Å². The summed E-state index contributed by atoms with van der Waals surface area (Å²) >= 11 is 0. The first kappa shape index (κ1) is 18.1. The fourth-order valence-electron chi connectivity index (χ4n) is 2.21. The van der Waals surface area contributed by atoms with Crippen LogP contribution in [0.15, 0.2) is 42.5 Å². The summed E-state index contributed by atoms with van der Waals surface area (Å²) in [6.45, 7) is 1.52. The van der Waals surface area contributed by atoms with Crippen LogP contribution in [0.1, 0.15) is 6.92 Å². The average Bonchev–Trinajstić information content (AvgIpc) is 2.59. The Hall–Kier alpha value is -3.22. The second-order valence-electron chi connectivity index (χ2n) is 5.23. The van der Waals surface area contributed by atoms with Gasteiger partial charge < -0.3 is 25.4 Å². The van der Waals surface area contributed by atoms with Crippen LogP contribution >= 0.6 is 0 Å². The number of anilines is 3. The van der Waals surface area contributed by atoms with Crippen LogP contribution in [0.2, 0.25) is 0 Å². The van der Waals surface area contributed by atoms with Crippen molar-refractivity contribution >= 4 is 28.9 Å². The van der Waals surface area contributed by atoms with E-state index in [9.17, 15) is 9.59 Å². The van der Waals surface area contributed by atoms with Crippen molar-refractivity contribution in [3.63, 3.8) is 0 Å². The van der Waals surface area contributed by atoms with Crippen molar-refractivity contribution < 1.29 is 19.1 Å². The molecule has 0 heterocycles. The van der Waals surface area contributed by atoms with Crippen LogP contribution in [0.3, 0.4) is 0 Å². The zero-order chi connectivity index (χ0) is 18.2. The molecule has 0 atom stereocenters. The topological polar surface area (TPSA) is 88.7 Å². The lowest BCUT2D eigenvalue weighted by Gasteiger charge is -2.12. The molecule has 0 radical (unpaired) electrons. The van der Waals surface area contributed by atoms with E-state index in [4.69, 9.17) is 9.47 Å². The number of methoxy groups -OCH3 is 2. The third-order valence-electron chi connectivity index (χ3n) is 3.30. The number of carbonyl (C=O) groups is 2. The predicted octanol–water partition coefficient (Wildman–Crippen LogP) is 2.71. The molecule has 0 unspecified atom stereocenters. The first-order chi connectivity index (χ1) is 12.0. The van der Waals surface area contributed by atoms with Crippen LogP contribution in [0, 0.1) is 0 Å². The van der Waals surface area contributed by atoms with Gasteiger partial charge in [0.2, 0.25) is 11.8 Å². The van der Waals surface area contributed by atoms with Gasteiger partial charge in [0, 0.05) is 30.1 Å². The molecule has 0 spiro atoms. The highest BCUT2D eigenvalue weighted by molar-refractivity contribution is 5.94. The van der Waals surface area contributed by atoms with Gasteiger partial charge in [0.15, 0.2) is 11.5 Å². The Bertz CT molecular complexity index is 762. The number of hydrogen-bond acceptors (Lipinski definition) is 5. The van der Waals surface area contributed by atoms with Gasteiger partial charge in [-0.15, -0.1) is 0 Å². The largest absolute Gasteiger partial charge is 0.493 e. The van der Waals surface area contributed by atoms with E-state index in [-0.39, 0.29) is 18.4 Å². The first-order valence-electron chi connectivity index (χ1n) is 7.65. The summed E-state index contributed by atoms with van der Waals surface area (Å²) in [5.74, 6) is 0.769. The molecule has 0 saturated heterocycles. The number of benzene rings is 2. The Morgan fingerprint density at radius 2 is 1.56 bits per heavy atom. The number of nitrogens with one attached hydrogen (secondary N) is 3. The summed E-state index contributed by atoms with van der Waals surface area (Å²) < 4.78 is 10.4. The lowest BCUT2D eigenvalue weighted by Crippen LogP contribution is -2.21. The van der Waals surface area contributed by atoms with Gasteiger partial charge in [-0.1, -0.05) is 6.07 Å². The summed E-state index contributed by atoms with van der Waals surface area (Å²) in [7, 11) is 3.09. The highest BCUT2D eigenvalue weighted by Crippen LogP contribution is 2.29. The van der Waals surface area contributed by atoms with Gasteiger partial charge >= 0.3 is 0 Å². The Morgan fingerprint density at radius 3 is 2.24 bits per heavy atom. The molecule has 7 heteroatoms. The van der Waals surface area contributed by atoms with E-state index in [2.05, 4.69) is 16.0 Å². The summed E-state index contributed by atoms with van der Waals surface area (Å²) in [6, 6.07) is 12.3. The van der Waals surface area contributed by atoms with Crippen molar-refractivity contribution in [1.29, 1.82) is 0 Å². The molecular weight excluding hydrogens is 322 g/mol. The second-order valence-corrected chi connectivity index (χ2v) is 5.23. The van der Waals surface area contributed by atoms with Gasteiger partial charge in [-0.05, 0) is 30.3 Å². The summed E-state index contributed by atoms with van der Waals surface area (Å²) in [5, 5.41) is 8.48. The lowest BCUT2D eigenvalue weighted by molar-refractivity contribution is -0.115. The van der Waals surface area contributed by atoms with Crippen LogP contribution in [0.5, 0.6) is 11.5 Å². The molecule has 0 aliphatic carbocycles. The molecule has 2 amide bonds. The number of carbonyl (C=O) groups excluding carboxylic acids is 2. The van der Waals surface area contributed by atoms with Crippen LogP contribution in [0.25, 0.3) is 0 Å². The first-order valence-corrected chi connectivity index (χ1v) is 7.65. The number of amides is 2. The fourth-order valence-corrected chi connectivity index (χ4v) is 2.21. The van der Waals surface area contributed by atoms with Crippen molar-refractivity contribution in [2.75, 3.05) is 36.7 Å². The standard InChI is InChI=1S/C18H21N3O4/c1-12(22)20-14-6-4-5-13(9-14)19-11-18(23)21-15-7-8-16(24-2)17(10-15)25-3/h4-10,19H,11H2,1-3H3,(H,20,22)(H,21,23). The highest BCUT2D eigenvalue weighted by atomic mass is 16.5. The van der Waals surface area contributed by atoms with E-state index in [1.165, 1.54) is 14.0 Å². The molecule has 0 saturated carbocycles. The fraction of sp³-hybridized carbons (Fsp3) is 0.222. The smallest absolute Gasteiger partial charge is 0.243 e. The Balaban J connectivity index is 1.93. The SMILES string of the molecule is COc1ccc(NC(=O)CNc2cccc(NC(C)=O)c2)cc1OC. The van der Waals surface area contributed by atoms with Crippen molar-refractivity contribution in [3.05, 3.63) is 42.5 Å². The molecule has 2 aromatic rings. The molecule has 132 valence electrons. The van der Waals surface area contributed by atoms with Gasteiger partial charge in [-0.2, -0.15) is 0 Å². The van der Waals surface area contributed by atoms with Gasteiger partial charge in [-0.3, -0.25) is 9.59 Å². The monoisotopic (exact) mass is 343 g/mol. The summed E-state index contributed by atoms with van der Waals surface area (Å²) in [5.41, 5.74) is 2.00. The van der Waals surface area contributed by atoms with Crippen LogP contribution in [0.4, 0.5) is 17.1 Å². The Kier molecular flexibility index (Phi) is 6.22. The summed E-state index contributed by atoms with van der Waals surface area (Å²) in [4.78, 5) is 23.2. The molecule has 0 aromatic heterocycles. The Morgan fingerprint density at radius 1 is 0.880 bits per heavy atom. The average molecular weight is 343 g/mol. The third-order valence-corrected chi connectivity index (χ3v) is 3.30. The van der Waals surface area contributed by atoms with Crippen LogP contribution in [-0.2, 0) is 9.59 Å². The van der Waals surface area contributed by atoms with Gasteiger partial charge in [0.05, 0.1) is 20.8 Å². The van der Waals surface area contributed by atoms with E-state index in [1.807, 2.05) is 6.07 Å². The zero-order valence-electron chi connectivity index (χ0n) is 14.4. The molecule has 0 aliphatic heterocycles. The maximum absolute atomic E-state index is 12.1. The van der Waals surface area contributed by atoms with E-state index in [0.717, 1.165) is 5.69 Å². The minimum Gasteiger partial charge on any atom is -0.493 e. The maximum Gasteiger partial charge on any atom is 0.243 e. The minimum atomic E-state index is -0.211. The molecule has 0 fully saturated rings. The molecular formula is C18H21N3O4. The highest BCUT2D eigenvalue weighted by Gasteiger charge is 2.07. The zero-order valence-corrected chi connectivity index (χ0v) is 14.4. The molecule has 25 heavy (non-hydrogen) atoms. The normalized spacial score (nSPS) is 9.88. The quantitative estimate of drug-likeness (QED) is 0.719. The van der Waals surface area contributed by atoms with E-state index in [1.54, 1.807) is 43.5 Å². The molecule has 0 aliphatic rings. The number of ether oxygens (including phenoxy) is 2. The molecule has 3 N–H and O–H groups in total. The lowest BCUT2D eigenvalue weighted by atomic mass is 10.2. The van der Waals surface area contributed by atoms with E-state index in [0.29, 0.717) is 22.9 Å². The van der Waals surface area contributed by atoms with Gasteiger partial charge in [0.1, 0.15) is 0 Å². The van der Waals surface area contributed by atoms with Crippen LogP contribution in [-0.4, -0.2) is 32.6 Å². The second kappa shape index (κ2) is 8.58. The van der Waals surface area contributed by atoms with E-state index >= 15 is 0 Å². The number of rotatable bonds is 7. The Labute approximate surface area is 146 Å².